The summed E-state index contributed by atoms with van der Waals surface area (Å²) in [6.07, 6.45) is 3.37. The number of amides is 1. The normalized spacial score (nSPS) is 11.9. The molecule has 2 heterocycles. The molecule has 0 atom stereocenters. The number of aromatic nitrogens is 1. The van der Waals surface area contributed by atoms with Gasteiger partial charge >= 0.3 is 0 Å². The fourth-order valence-corrected chi connectivity index (χ4v) is 3.01. The van der Waals surface area contributed by atoms with Crippen LogP contribution in [0.15, 0.2) is 54.9 Å². The van der Waals surface area contributed by atoms with Crippen LogP contribution in [-0.2, 0) is 17.8 Å². The second-order valence-electron chi connectivity index (χ2n) is 6.04. The second-order valence-corrected chi connectivity index (χ2v) is 6.04. The van der Waals surface area contributed by atoms with Crippen molar-refractivity contribution in [3.8, 4) is 16.9 Å². The van der Waals surface area contributed by atoms with Crippen molar-refractivity contribution in [2.75, 3.05) is 5.32 Å². The Balaban J connectivity index is 1.52. The molecule has 1 N–H and O–H groups in total. The van der Waals surface area contributed by atoms with Crippen LogP contribution in [0.4, 0.5) is 14.5 Å². The highest BCUT2D eigenvalue weighted by molar-refractivity contribution is 5.93. The summed E-state index contributed by atoms with van der Waals surface area (Å²) in [5, 5.41) is 2.73. The Hall–Kier alpha value is -3.28. The molecule has 26 heavy (non-hydrogen) atoms. The molecule has 130 valence electrons. The summed E-state index contributed by atoms with van der Waals surface area (Å²) in [6, 6.07) is 10.4. The summed E-state index contributed by atoms with van der Waals surface area (Å²) in [7, 11) is 0. The number of halogens is 2. The highest BCUT2D eigenvalue weighted by Crippen LogP contribution is 2.38. The predicted molar refractivity (Wildman–Crippen MR) is 92.7 cm³/mol. The van der Waals surface area contributed by atoms with Gasteiger partial charge in [0.15, 0.2) is 0 Å². The standard InChI is InChI=1S/C20H14F2N2O2/c21-14-5-12(6-15(22)8-14)7-20(25)24-16-1-2-18-17-3-4-23-10-13(17)11-26-19(18)9-16/h1-6,8-10H,7,11H2,(H,24,25). The lowest BCUT2D eigenvalue weighted by Gasteiger charge is -2.21. The quantitative estimate of drug-likeness (QED) is 0.772. The van der Waals surface area contributed by atoms with Crippen LogP contribution in [-0.4, -0.2) is 10.9 Å². The van der Waals surface area contributed by atoms with E-state index < -0.39 is 11.6 Å². The molecule has 2 aromatic carbocycles. The van der Waals surface area contributed by atoms with E-state index in [1.165, 1.54) is 0 Å². The molecular weight excluding hydrogens is 338 g/mol. The smallest absolute Gasteiger partial charge is 0.228 e. The largest absolute Gasteiger partial charge is 0.488 e. The molecular formula is C20H14F2N2O2. The van der Waals surface area contributed by atoms with Gasteiger partial charge in [-0.25, -0.2) is 8.78 Å². The van der Waals surface area contributed by atoms with Crippen LogP contribution in [0.3, 0.4) is 0 Å². The molecule has 1 aromatic heterocycles. The van der Waals surface area contributed by atoms with Gasteiger partial charge < -0.3 is 10.1 Å². The molecule has 0 radical (unpaired) electrons. The monoisotopic (exact) mass is 352 g/mol. The molecule has 4 nitrogen and oxygen atoms in total. The molecule has 0 unspecified atom stereocenters. The number of carbonyl (C=O) groups is 1. The van der Waals surface area contributed by atoms with Gasteiger partial charge in [0.05, 0.1) is 6.42 Å². The highest BCUT2D eigenvalue weighted by atomic mass is 19.1. The lowest BCUT2D eigenvalue weighted by molar-refractivity contribution is -0.115. The van der Waals surface area contributed by atoms with Crippen LogP contribution < -0.4 is 10.1 Å². The van der Waals surface area contributed by atoms with Crippen LogP contribution in [0, 0.1) is 11.6 Å². The Kier molecular flexibility index (Phi) is 4.08. The van der Waals surface area contributed by atoms with Gasteiger partial charge in [0.1, 0.15) is 24.0 Å². The first-order valence-corrected chi connectivity index (χ1v) is 8.03. The van der Waals surface area contributed by atoms with Gasteiger partial charge in [-0.1, -0.05) is 0 Å². The molecule has 4 rings (SSSR count). The van der Waals surface area contributed by atoms with Crippen LogP contribution in [0.1, 0.15) is 11.1 Å². The minimum absolute atomic E-state index is 0.124. The number of hydrogen-bond donors (Lipinski definition) is 1. The lowest BCUT2D eigenvalue weighted by atomic mass is 9.98. The van der Waals surface area contributed by atoms with E-state index in [0.717, 1.165) is 34.9 Å². The molecule has 0 saturated carbocycles. The van der Waals surface area contributed by atoms with Crippen molar-refractivity contribution in [1.82, 2.24) is 4.98 Å². The highest BCUT2D eigenvalue weighted by Gasteiger charge is 2.18. The Labute approximate surface area is 148 Å². The van der Waals surface area contributed by atoms with Gasteiger partial charge in [-0.05, 0) is 41.5 Å². The van der Waals surface area contributed by atoms with Gasteiger partial charge in [0, 0.05) is 41.3 Å². The van der Waals surface area contributed by atoms with Crippen molar-refractivity contribution in [3.63, 3.8) is 0 Å². The van der Waals surface area contributed by atoms with Gasteiger partial charge in [-0.15, -0.1) is 0 Å². The average Bonchev–Trinajstić information content (AvgIpc) is 2.60. The van der Waals surface area contributed by atoms with E-state index in [0.29, 0.717) is 18.0 Å². The zero-order chi connectivity index (χ0) is 18.1. The number of ether oxygens (including phenoxy) is 1. The minimum Gasteiger partial charge on any atom is -0.488 e. The summed E-state index contributed by atoms with van der Waals surface area (Å²) in [5.74, 6) is -1.11. The molecule has 0 bridgehead atoms. The van der Waals surface area contributed by atoms with E-state index in [-0.39, 0.29) is 17.9 Å². The SMILES string of the molecule is O=C(Cc1cc(F)cc(F)c1)Nc1ccc2c(c1)OCc1cnccc1-2. The van der Waals surface area contributed by atoms with E-state index in [1.807, 2.05) is 12.1 Å². The van der Waals surface area contributed by atoms with Crippen LogP contribution in [0.25, 0.3) is 11.1 Å². The summed E-state index contributed by atoms with van der Waals surface area (Å²) in [4.78, 5) is 16.3. The zero-order valence-electron chi connectivity index (χ0n) is 13.6. The van der Waals surface area contributed by atoms with E-state index in [9.17, 15) is 13.6 Å². The Bertz CT molecular complexity index is 985. The Morgan fingerprint density at radius 2 is 1.88 bits per heavy atom. The maximum absolute atomic E-state index is 13.2. The van der Waals surface area contributed by atoms with Crippen molar-refractivity contribution in [2.45, 2.75) is 13.0 Å². The van der Waals surface area contributed by atoms with Crippen molar-refractivity contribution in [2.24, 2.45) is 0 Å². The number of carbonyl (C=O) groups excluding carboxylic acids is 1. The summed E-state index contributed by atoms with van der Waals surface area (Å²) in [6.45, 7) is 0.413. The third-order valence-corrected chi connectivity index (χ3v) is 4.13. The number of fused-ring (bicyclic) bond motifs is 3. The first kappa shape index (κ1) is 16.2. The zero-order valence-corrected chi connectivity index (χ0v) is 13.6. The Morgan fingerprint density at radius 1 is 1.08 bits per heavy atom. The van der Waals surface area contributed by atoms with Crippen molar-refractivity contribution >= 4 is 11.6 Å². The molecule has 1 amide bonds. The van der Waals surface area contributed by atoms with E-state index in [1.54, 1.807) is 24.5 Å². The van der Waals surface area contributed by atoms with Gasteiger partial charge in [0.2, 0.25) is 5.91 Å². The summed E-state index contributed by atoms with van der Waals surface area (Å²) < 4.78 is 32.2. The number of pyridine rings is 1. The second kappa shape index (κ2) is 6.55. The third kappa shape index (κ3) is 3.26. The van der Waals surface area contributed by atoms with E-state index in [4.69, 9.17) is 4.74 Å². The fourth-order valence-electron chi connectivity index (χ4n) is 3.01. The third-order valence-electron chi connectivity index (χ3n) is 4.13. The molecule has 1 aliphatic heterocycles. The van der Waals surface area contributed by atoms with Crippen molar-refractivity contribution in [3.05, 3.63) is 77.6 Å². The maximum Gasteiger partial charge on any atom is 0.228 e. The molecule has 3 aromatic rings. The number of hydrogen-bond acceptors (Lipinski definition) is 3. The van der Waals surface area contributed by atoms with Gasteiger partial charge in [-0.3, -0.25) is 9.78 Å². The predicted octanol–water partition coefficient (Wildman–Crippen LogP) is 4.10. The van der Waals surface area contributed by atoms with Gasteiger partial charge in [-0.2, -0.15) is 0 Å². The summed E-state index contributed by atoms with van der Waals surface area (Å²) in [5.41, 5.74) is 3.82. The molecule has 6 heteroatoms. The lowest BCUT2D eigenvalue weighted by Crippen LogP contribution is -2.15. The van der Waals surface area contributed by atoms with E-state index in [2.05, 4.69) is 10.3 Å². The molecule has 0 spiro atoms. The number of nitrogens with one attached hydrogen (secondary N) is 1. The molecule has 1 aliphatic rings. The van der Waals surface area contributed by atoms with Gasteiger partial charge in [0.25, 0.3) is 0 Å². The minimum atomic E-state index is -0.705. The van der Waals surface area contributed by atoms with Crippen molar-refractivity contribution in [1.29, 1.82) is 0 Å². The first-order chi connectivity index (χ1) is 12.6. The number of nitrogens with zero attached hydrogens (tertiary/aromatic N) is 1. The first-order valence-electron chi connectivity index (χ1n) is 8.03. The molecule has 0 fully saturated rings. The number of anilines is 1. The van der Waals surface area contributed by atoms with Crippen molar-refractivity contribution < 1.29 is 18.3 Å². The van der Waals surface area contributed by atoms with Crippen LogP contribution >= 0.6 is 0 Å². The van der Waals surface area contributed by atoms with E-state index >= 15 is 0 Å². The maximum atomic E-state index is 13.2. The Morgan fingerprint density at radius 3 is 2.69 bits per heavy atom. The number of rotatable bonds is 3. The van der Waals surface area contributed by atoms with Crippen LogP contribution in [0.2, 0.25) is 0 Å². The number of benzene rings is 2. The topological polar surface area (TPSA) is 51.2 Å². The molecule has 0 saturated heterocycles. The molecule has 0 aliphatic carbocycles. The van der Waals surface area contributed by atoms with Crippen LogP contribution in [0.5, 0.6) is 5.75 Å². The average molecular weight is 352 g/mol. The summed E-state index contributed by atoms with van der Waals surface area (Å²) >= 11 is 0. The fraction of sp³-hybridized carbons (Fsp3) is 0.100.